The summed E-state index contributed by atoms with van der Waals surface area (Å²) in [6.07, 6.45) is 3.56. The largest absolute Gasteiger partial charge is 0.295 e. The zero-order chi connectivity index (χ0) is 6.27. The molecule has 2 heterocycles. The quantitative estimate of drug-likeness (QED) is 0.571. The van der Waals surface area contributed by atoms with E-state index in [2.05, 4.69) is 10.4 Å². The molecule has 2 nitrogen and oxygen atoms in total. The maximum Gasteiger partial charge on any atom is 0.195 e. The summed E-state index contributed by atoms with van der Waals surface area (Å²) in [6.45, 7) is 0. The Morgan fingerprint density at radius 1 is 1.78 bits per heavy atom. The molecule has 0 N–H and O–H groups in total. The fourth-order valence-corrected chi connectivity index (χ4v) is 1.51. The van der Waals surface area contributed by atoms with Crippen LogP contribution in [0, 0.1) is 5.38 Å². The van der Waals surface area contributed by atoms with Gasteiger partial charge in [-0.1, -0.05) is 22.9 Å². The normalized spacial score (nSPS) is 10.8. The molecular formula is C5H2ClN2S. The van der Waals surface area contributed by atoms with Gasteiger partial charge in [-0.25, -0.2) is 4.98 Å². The van der Waals surface area contributed by atoms with Crippen molar-refractivity contribution in [3.8, 4) is 0 Å². The minimum atomic E-state index is 0.537. The van der Waals surface area contributed by atoms with E-state index in [0.717, 1.165) is 4.96 Å². The van der Waals surface area contributed by atoms with E-state index in [1.807, 2.05) is 4.40 Å². The predicted molar refractivity (Wildman–Crippen MR) is 36.9 cm³/mol. The van der Waals surface area contributed by atoms with E-state index >= 15 is 0 Å². The third-order valence-corrected chi connectivity index (χ3v) is 1.90. The number of fused-ring (bicyclic) bond motifs is 1. The molecule has 0 saturated heterocycles. The summed E-state index contributed by atoms with van der Waals surface area (Å²) < 4.78 is 1.84. The summed E-state index contributed by atoms with van der Waals surface area (Å²) >= 11 is 7.04. The van der Waals surface area contributed by atoms with Crippen LogP contribution in [-0.2, 0) is 0 Å². The van der Waals surface area contributed by atoms with Crippen LogP contribution < -0.4 is 0 Å². The van der Waals surface area contributed by atoms with E-state index in [1.54, 1.807) is 12.4 Å². The molecule has 4 heteroatoms. The van der Waals surface area contributed by atoms with Gasteiger partial charge in [-0.2, -0.15) is 0 Å². The Morgan fingerprint density at radius 2 is 2.67 bits per heavy atom. The maximum absolute atomic E-state index is 5.59. The van der Waals surface area contributed by atoms with Crippen LogP contribution in [-0.4, -0.2) is 9.38 Å². The predicted octanol–water partition coefficient (Wildman–Crippen LogP) is 1.85. The molecule has 0 aromatic carbocycles. The smallest absolute Gasteiger partial charge is 0.195 e. The number of imidazole rings is 1. The van der Waals surface area contributed by atoms with E-state index in [1.165, 1.54) is 11.3 Å². The summed E-state index contributed by atoms with van der Waals surface area (Å²) in [6, 6.07) is 0. The molecule has 0 amide bonds. The van der Waals surface area contributed by atoms with Crippen LogP contribution in [0.25, 0.3) is 4.96 Å². The van der Waals surface area contributed by atoms with E-state index in [9.17, 15) is 0 Å². The van der Waals surface area contributed by atoms with Gasteiger partial charge in [0.1, 0.15) is 5.15 Å². The SMILES string of the molecule is Clc1cn2c[c]sc2n1. The van der Waals surface area contributed by atoms with Crippen LogP contribution in [0.5, 0.6) is 0 Å². The molecule has 2 rings (SSSR count). The maximum atomic E-state index is 5.59. The van der Waals surface area contributed by atoms with Crippen molar-refractivity contribution in [1.29, 1.82) is 0 Å². The van der Waals surface area contributed by atoms with Crippen LogP contribution in [0.2, 0.25) is 5.15 Å². The Bertz CT molecular complexity index is 296. The molecule has 0 fully saturated rings. The Balaban J connectivity index is 2.92. The zero-order valence-corrected chi connectivity index (χ0v) is 5.91. The highest BCUT2D eigenvalue weighted by atomic mass is 35.5. The molecule has 1 radical (unpaired) electrons. The first-order valence-electron chi connectivity index (χ1n) is 2.36. The molecule has 0 unspecified atom stereocenters. The number of thiazole rings is 1. The fourth-order valence-electron chi connectivity index (χ4n) is 0.652. The number of aromatic nitrogens is 2. The molecule has 0 atom stereocenters. The lowest BCUT2D eigenvalue weighted by molar-refractivity contribution is 1.23. The van der Waals surface area contributed by atoms with Crippen LogP contribution in [0.15, 0.2) is 12.4 Å². The summed E-state index contributed by atoms with van der Waals surface area (Å²) in [4.78, 5) is 4.88. The Kier molecular flexibility index (Phi) is 1.00. The summed E-state index contributed by atoms with van der Waals surface area (Å²) in [5.74, 6) is 0. The van der Waals surface area contributed by atoms with E-state index < -0.39 is 0 Å². The van der Waals surface area contributed by atoms with Crippen molar-refractivity contribution in [3.63, 3.8) is 0 Å². The number of halogens is 1. The highest BCUT2D eigenvalue weighted by Crippen LogP contribution is 2.13. The van der Waals surface area contributed by atoms with Gasteiger partial charge in [-0.15, -0.1) is 0 Å². The average molecular weight is 158 g/mol. The van der Waals surface area contributed by atoms with Gasteiger partial charge in [-0.05, 0) is 0 Å². The lowest BCUT2D eigenvalue weighted by Gasteiger charge is -1.71. The van der Waals surface area contributed by atoms with Gasteiger partial charge in [0.05, 0.1) is 5.38 Å². The monoisotopic (exact) mass is 157 g/mol. The Labute approximate surface area is 60.7 Å². The molecule has 0 saturated carbocycles. The minimum absolute atomic E-state index is 0.537. The van der Waals surface area contributed by atoms with Gasteiger partial charge in [0.25, 0.3) is 0 Å². The summed E-state index contributed by atoms with van der Waals surface area (Å²) in [7, 11) is 0. The minimum Gasteiger partial charge on any atom is -0.295 e. The van der Waals surface area contributed by atoms with Crippen molar-refractivity contribution in [2.24, 2.45) is 0 Å². The second-order valence-electron chi connectivity index (χ2n) is 1.60. The van der Waals surface area contributed by atoms with E-state index in [4.69, 9.17) is 11.6 Å². The fraction of sp³-hybridized carbons (Fsp3) is 0. The van der Waals surface area contributed by atoms with Crippen molar-refractivity contribution in [1.82, 2.24) is 9.38 Å². The van der Waals surface area contributed by atoms with Crippen LogP contribution in [0.3, 0.4) is 0 Å². The highest BCUT2D eigenvalue weighted by molar-refractivity contribution is 7.14. The van der Waals surface area contributed by atoms with Crippen molar-refractivity contribution in [2.75, 3.05) is 0 Å². The van der Waals surface area contributed by atoms with Gasteiger partial charge in [0, 0.05) is 12.4 Å². The third kappa shape index (κ3) is 0.730. The molecule has 0 aliphatic heterocycles. The second-order valence-corrected chi connectivity index (χ2v) is 2.79. The third-order valence-electron chi connectivity index (χ3n) is 1.01. The van der Waals surface area contributed by atoms with Gasteiger partial charge < -0.3 is 0 Å². The number of nitrogens with zero attached hydrogens (tertiary/aromatic N) is 2. The van der Waals surface area contributed by atoms with Crippen molar-refractivity contribution < 1.29 is 0 Å². The highest BCUT2D eigenvalue weighted by Gasteiger charge is 1.96. The number of rotatable bonds is 0. The van der Waals surface area contributed by atoms with Gasteiger partial charge in [-0.3, -0.25) is 4.40 Å². The molecule has 0 aliphatic carbocycles. The van der Waals surface area contributed by atoms with Crippen LogP contribution in [0.1, 0.15) is 0 Å². The lowest BCUT2D eigenvalue weighted by Crippen LogP contribution is -1.66. The number of hydrogen-bond donors (Lipinski definition) is 0. The molecule has 0 aliphatic rings. The molecule has 2 aromatic rings. The van der Waals surface area contributed by atoms with Gasteiger partial charge in [0.15, 0.2) is 4.96 Å². The van der Waals surface area contributed by atoms with E-state index in [0.29, 0.717) is 5.15 Å². The summed E-state index contributed by atoms with van der Waals surface area (Å²) in [5.41, 5.74) is 0. The lowest BCUT2D eigenvalue weighted by atomic mass is 10.9. The van der Waals surface area contributed by atoms with Crippen molar-refractivity contribution >= 4 is 27.9 Å². The average Bonchev–Trinajstić information content (AvgIpc) is 2.22. The molecule has 45 valence electrons. The molecule has 0 spiro atoms. The molecule has 2 aromatic heterocycles. The molecule has 0 bridgehead atoms. The van der Waals surface area contributed by atoms with Gasteiger partial charge in [0.2, 0.25) is 0 Å². The van der Waals surface area contributed by atoms with Crippen molar-refractivity contribution in [3.05, 3.63) is 22.9 Å². The standard InChI is InChI=1S/C5H2ClN2S/c6-4-3-8-1-2-9-5(8)7-4/h1,3H. The van der Waals surface area contributed by atoms with Crippen LogP contribution in [0.4, 0.5) is 0 Å². The Hall–Kier alpha value is -0.540. The molecule has 9 heavy (non-hydrogen) atoms. The summed E-state index contributed by atoms with van der Waals surface area (Å²) in [5, 5.41) is 3.47. The van der Waals surface area contributed by atoms with Crippen LogP contribution >= 0.6 is 22.9 Å². The first kappa shape index (κ1) is 5.26. The second kappa shape index (κ2) is 1.72. The molecular weight excluding hydrogens is 156 g/mol. The first-order chi connectivity index (χ1) is 4.36. The Morgan fingerprint density at radius 3 is 3.44 bits per heavy atom. The van der Waals surface area contributed by atoms with E-state index in [-0.39, 0.29) is 0 Å². The zero-order valence-electron chi connectivity index (χ0n) is 4.34. The first-order valence-corrected chi connectivity index (χ1v) is 3.56. The van der Waals surface area contributed by atoms with Gasteiger partial charge >= 0.3 is 0 Å². The van der Waals surface area contributed by atoms with Crippen molar-refractivity contribution in [2.45, 2.75) is 0 Å². The number of hydrogen-bond acceptors (Lipinski definition) is 2. The topological polar surface area (TPSA) is 17.3 Å².